The van der Waals surface area contributed by atoms with Gasteiger partial charge in [0, 0.05) is 6.04 Å². The molecule has 7 nitrogen and oxygen atoms in total. The number of aromatic carboxylic acids is 1. The first-order valence-electron chi connectivity index (χ1n) is 7.05. The largest absolute Gasteiger partial charge is 0.478 e. The summed E-state index contributed by atoms with van der Waals surface area (Å²) in [6, 6.07) is 10.2. The molecule has 0 aliphatic carbocycles. The zero-order valence-electron chi connectivity index (χ0n) is 12.8. The van der Waals surface area contributed by atoms with Crippen LogP contribution in [-0.2, 0) is 11.3 Å². The predicted molar refractivity (Wildman–Crippen MR) is 83.2 cm³/mol. The summed E-state index contributed by atoms with van der Waals surface area (Å²) in [5, 5.41) is 16.7. The molecule has 1 aromatic carbocycles. The third kappa shape index (κ3) is 4.03. The van der Waals surface area contributed by atoms with Crippen LogP contribution in [0.3, 0.4) is 0 Å². The van der Waals surface area contributed by atoms with Crippen LogP contribution in [-0.4, -0.2) is 33.4 Å². The quantitative estimate of drug-likeness (QED) is 0.912. The molecule has 0 bridgehead atoms. The summed E-state index contributed by atoms with van der Waals surface area (Å²) in [5.41, 5.74) is 0.729. The Balaban J connectivity index is 2.22. The summed E-state index contributed by atoms with van der Waals surface area (Å²) >= 11 is 0. The number of nitrogens with zero attached hydrogens (tertiary/aromatic N) is 3. The van der Waals surface area contributed by atoms with Gasteiger partial charge in [-0.15, -0.1) is 5.10 Å². The Hall–Kier alpha value is -2.96. The molecule has 0 spiro atoms. The number of carboxylic acids is 1. The van der Waals surface area contributed by atoms with Crippen molar-refractivity contribution in [2.24, 2.45) is 0 Å². The van der Waals surface area contributed by atoms with Gasteiger partial charge in [-0.25, -0.2) is 9.59 Å². The van der Waals surface area contributed by atoms with Crippen molar-refractivity contribution in [2.45, 2.75) is 26.5 Å². The highest BCUT2D eigenvalue weighted by Gasteiger charge is 2.27. The van der Waals surface area contributed by atoms with E-state index in [1.165, 1.54) is 17.2 Å². The van der Waals surface area contributed by atoms with Gasteiger partial charge in [0.2, 0.25) is 0 Å². The predicted octanol–water partition coefficient (Wildman–Crippen LogP) is 2.73. The maximum absolute atomic E-state index is 12.4. The van der Waals surface area contributed by atoms with Crippen LogP contribution in [0.2, 0.25) is 0 Å². The van der Waals surface area contributed by atoms with Crippen molar-refractivity contribution in [3.8, 4) is 0 Å². The van der Waals surface area contributed by atoms with E-state index in [9.17, 15) is 14.7 Å². The van der Waals surface area contributed by atoms with Crippen molar-refractivity contribution >= 4 is 17.9 Å². The molecule has 1 N–H and O–H groups in total. The monoisotopic (exact) mass is 315 g/mol. The van der Waals surface area contributed by atoms with Gasteiger partial charge in [-0.1, -0.05) is 30.3 Å². The standard InChI is InChI=1S/C16H17N3O4/c1-11(2)19(14-13(15(20)21)8-9-17-18-14)16(22)23-10-12-6-4-3-5-7-12/h3-9,11H,10H2,1-2H3,(H,20,21). The molecule has 0 saturated carbocycles. The second-order valence-electron chi connectivity index (χ2n) is 5.08. The SMILES string of the molecule is CC(C)N(C(=O)OCc1ccccc1)c1nnccc1C(=O)O. The number of hydrogen-bond donors (Lipinski definition) is 1. The maximum Gasteiger partial charge on any atom is 0.416 e. The Morgan fingerprint density at radius 3 is 2.52 bits per heavy atom. The number of anilines is 1. The number of carboxylic acid groups (broad SMARTS) is 1. The first-order valence-corrected chi connectivity index (χ1v) is 7.05. The summed E-state index contributed by atoms with van der Waals surface area (Å²) < 4.78 is 5.27. The van der Waals surface area contributed by atoms with Gasteiger partial charge in [0.05, 0.1) is 6.20 Å². The average molecular weight is 315 g/mol. The fourth-order valence-corrected chi connectivity index (χ4v) is 2.00. The third-order valence-corrected chi connectivity index (χ3v) is 3.08. The number of amides is 1. The number of rotatable bonds is 5. The molecule has 0 atom stereocenters. The van der Waals surface area contributed by atoms with Gasteiger partial charge in [0.15, 0.2) is 5.82 Å². The average Bonchev–Trinajstić information content (AvgIpc) is 2.54. The minimum Gasteiger partial charge on any atom is -0.478 e. The molecule has 7 heteroatoms. The third-order valence-electron chi connectivity index (χ3n) is 3.08. The van der Waals surface area contributed by atoms with Crippen LogP contribution in [0.4, 0.5) is 10.6 Å². The van der Waals surface area contributed by atoms with Crippen molar-refractivity contribution < 1.29 is 19.4 Å². The number of carbonyl (C=O) groups excluding carboxylic acids is 1. The molecule has 0 aliphatic rings. The minimum absolute atomic E-state index is 0.0342. The van der Waals surface area contributed by atoms with E-state index in [0.29, 0.717) is 0 Å². The molecule has 0 fully saturated rings. The molecule has 0 radical (unpaired) electrons. The Kier molecular flexibility index (Phi) is 5.24. The Bertz CT molecular complexity index is 689. The number of carbonyl (C=O) groups is 2. The molecular weight excluding hydrogens is 298 g/mol. The molecule has 1 heterocycles. The van der Waals surface area contributed by atoms with Crippen molar-refractivity contribution in [2.75, 3.05) is 4.90 Å². The Morgan fingerprint density at radius 2 is 1.91 bits per heavy atom. The highest BCUT2D eigenvalue weighted by Crippen LogP contribution is 2.20. The van der Waals surface area contributed by atoms with E-state index in [0.717, 1.165) is 5.56 Å². The molecule has 120 valence electrons. The smallest absolute Gasteiger partial charge is 0.416 e. The summed E-state index contributed by atoms with van der Waals surface area (Å²) in [5.74, 6) is -1.22. The summed E-state index contributed by atoms with van der Waals surface area (Å²) in [7, 11) is 0. The summed E-state index contributed by atoms with van der Waals surface area (Å²) in [6.07, 6.45) is 0.590. The van der Waals surface area contributed by atoms with E-state index >= 15 is 0 Å². The molecule has 0 saturated heterocycles. The van der Waals surface area contributed by atoms with Gasteiger partial charge >= 0.3 is 12.1 Å². The molecule has 2 aromatic rings. The molecule has 23 heavy (non-hydrogen) atoms. The van der Waals surface area contributed by atoms with Crippen molar-refractivity contribution in [3.63, 3.8) is 0 Å². The van der Waals surface area contributed by atoms with Crippen LogP contribution in [0, 0.1) is 0 Å². The van der Waals surface area contributed by atoms with Crippen LogP contribution in [0.5, 0.6) is 0 Å². The topological polar surface area (TPSA) is 92.6 Å². The number of ether oxygens (including phenoxy) is 1. The zero-order chi connectivity index (χ0) is 16.8. The van der Waals surface area contributed by atoms with Crippen molar-refractivity contribution in [1.82, 2.24) is 10.2 Å². The second kappa shape index (κ2) is 7.35. The second-order valence-corrected chi connectivity index (χ2v) is 5.08. The molecule has 0 unspecified atom stereocenters. The van der Waals surface area contributed by atoms with E-state index in [1.807, 2.05) is 30.3 Å². The Morgan fingerprint density at radius 1 is 1.22 bits per heavy atom. The summed E-state index contributed by atoms with van der Waals surface area (Å²) in [4.78, 5) is 24.9. The van der Waals surface area contributed by atoms with Gasteiger partial charge < -0.3 is 9.84 Å². The highest BCUT2D eigenvalue weighted by molar-refractivity contribution is 5.98. The van der Waals surface area contributed by atoms with Crippen LogP contribution in [0.25, 0.3) is 0 Å². The molecule has 2 rings (SSSR count). The molecule has 1 amide bonds. The van der Waals surface area contributed by atoms with E-state index in [1.54, 1.807) is 13.8 Å². The number of hydrogen-bond acceptors (Lipinski definition) is 5. The first-order chi connectivity index (χ1) is 11.0. The highest BCUT2D eigenvalue weighted by atomic mass is 16.6. The Labute approximate surface area is 133 Å². The van der Waals surface area contributed by atoms with Crippen LogP contribution >= 0.6 is 0 Å². The van der Waals surface area contributed by atoms with E-state index in [2.05, 4.69) is 10.2 Å². The van der Waals surface area contributed by atoms with Crippen molar-refractivity contribution in [1.29, 1.82) is 0 Å². The minimum atomic E-state index is -1.18. The van der Waals surface area contributed by atoms with Crippen LogP contribution in [0.1, 0.15) is 29.8 Å². The number of aromatic nitrogens is 2. The van der Waals surface area contributed by atoms with Crippen LogP contribution < -0.4 is 4.90 Å². The van der Waals surface area contributed by atoms with Gasteiger partial charge in [-0.05, 0) is 25.5 Å². The normalized spacial score (nSPS) is 10.4. The molecule has 0 aliphatic heterocycles. The number of benzene rings is 1. The fourth-order valence-electron chi connectivity index (χ4n) is 2.00. The lowest BCUT2D eigenvalue weighted by Gasteiger charge is -2.25. The van der Waals surface area contributed by atoms with Gasteiger partial charge in [-0.2, -0.15) is 5.10 Å². The lowest BCUT2D eigenvalue weighted by Crippen LogP contribution is -2.39. The first kappa shape index (κ1) is 16.4. The lowest BCUT2D eigenvalue weighted by atomic mass is 10.2. The van der Waals surface area contributed by atoms with Gasteiger partial charge in [-0.3, -0.25) is 4.90 Å². The zero-order valence-corrected chi connectivity index (χ0v) is 12.8. The van der Waals surface area contributed by atoms with E-state index < -0.39 is 12.1 Å². The van der Waals surface area contributed by atoms with Gasteiger partial charge in [0.25, 0.3) is 0 Å². The maximum atomic E-state index is 12.4. The van der Waals surface area contributed by atoms with Gasteiger partial charge in [0.1, 0.15) is 12.2 Å². The fraction of sp³-hybridized carbons (Fsp3) is 0.250. The van der Waals surface area contributed by atoms with E-state index in [-0.39, 0.29) is 24.0 Å². The van der Waals surface area contributed by atoms with E-state index in [4.69, 9.17) is 4.74 Å². The molecular formula is C16H17N3O4. The summed E-state index contributed by atoms with van der Waals surface area (Å²) in [6.45, 7) is 3.57. The molecule has 1 aromatic heterocycles. The van der Waals surface area contributed by atoms with Crippen LogP contribution in [0.15, 0.2) is 42.6 Å². The van der Waals surface area contributed by atoms with Crippen molar-refractivity contribution in [3.05, 3.63) is 53.7 Å². The lowest BCUT2D eigenvalue weighted by molar-refractivity contribution is 0.0697.